The number of amides is 1. The zero-order valence-electron chi connectivity index (χ0n) is 12.1. The van der Waals surface area contributed by atoms with Crippen LogP contribution in [0.2, 0.25) is 5.02 Å². The molecule has 0 fully saturated rings. The molecule has 0 saturated heterocycles. The smallest absolute Gasteiger partial charge is 0.234 e. The van der Waals surface area contributed by atoms with E-state index in [0.717, 1.165) is 15.1 Å². The van der Waals surface area contributed by atoms with Gasteiger partial charge in [0.1, 0.15) is 0 Å². The van der Waals surface area contributed by atoms with Crippen LogP contribution in [0.3, 0.4) is 0 Å². The zero-order chi connectivity index (χ0) is 16.2. The van der Waals surface area contributed by atoms with Crippen molar-refractivity contribution in [3.63, 3.8) is 0 Å². The van der Waals surface area contributed by atoms with Crippen LogP contribution < -0.4 is 5.32 Å². The minimum absolute atomic E-state index is 0.0441. The number of hydrogen-bond donors (Lipinski definition) is 1. The Morgan fingerprint density at radius 1 is 1.04 bits per heavy atom. The Balaban J connectivity index is 1.62. The van der Waals surface area contributed by atoms with Crippen molar-refractivity contribution in [3.05, 3.63) is 70.2 Å². The molecule has 5 heteroatoms. The van der Waals surface area contributed by atoms with Crippen LogP contribution in [0.5, 0.6) is 0 Å². The Morgan fingerprint density at radius 2 is 1.83 bits per heavy atom. The van der Waals surface area contributed by atoms with Crippen LogP contribution in [0.15, 0.2) is 70.0 Å². The van der Waals surface area contributed by atoms with Gasteiger partial charge in [-0.3, -0.25) is 4.79 Å². The molecule has 0 unspecified atom stereocenters. The number of carbonyl (C=O) groups excluding carboxylic acids is 1. The topological polar surface area (TPSA) is 29.1 Å². The van der Waals surface area contributed by atoms with E-state index in [1.165, 1.54) is 22.5 Å². The molecular formula is C18H13BrClNOS. The van der Waals surface area contributed by atoms with Crippen LogP contribution >= 0.6 is 39.3 Å². The average Bonchev–Trinajstić information content (AvgIpc) is 2.56. The summed E-state index contributed by atoms with van der Waals surface area (Å²) in [6, 6.07) is 19.7. The second kappa shape index (κ2) is 7.39. The highest BCUT2D eigenvalue weighted by Crippen LogP contribution is 2.26. The maximum atomic E-state index is 12.1. The van der Waals surface area contributed by atoms with Crippen LogP contribution in [0.1, 0.15) is 0 Å². The van der Waals surface area contributed by atoms with Crippen molar-refractivity contribution in [1.29, 1.82) is 0 Å². The van der Waals surface area contributed by atoms with Gasteiger partial charge in [-0.05, 0) is 57.0 Å². The highest BCUT2D eigenvalue weighted by molar-refractivity contribution is 9.10. The first-order valence-electron chi connectivity index (χ1n) is 6.98. The lowest BCUT2D eigenvalue weighted by molar-refractivity contribution is -0.113. The van der Waals surface area contributed by atoms with E-state index in [1.54, 1.807) is 18.2 Å². The predicted octanol–water partition coefficient (Wildman–Crippen LogP) is 5.99. The fourth-order valence-electron chi connectivity index (χ4n) is 2.18. The largest absolute Gasteiger partial charge is 0.325 e. The van der Waals surface area contributed by atoms with Gasteiger partial charge < -0.3 is 5.32 Å². The number of thioether (sulfide) groups is 1. The Hall–Kier alpha value is -1.49. The maximum absolute atomic E-state index is 12.1. The van der Waals surface area contributed by atoms with Gasteiger partial charge in [0, 0.05) is 15.1 Å². The summed E-state index contributed by atoms with van der Waals surface area (Å²) in [6.07, 6.45) is 0. The Labute approximate surface area is 152 Å². The molecule has 0 saturated carbocycles. The summed E-state index contributed by atoms with van der Waals surface area (Å²) in [4.78, 5) is 13.1. The van der Waals surface area contributed by atoms with Crippen LogP contribution in [-0.2, 0) is 4.79 Å². The van der Waals surface area contributed by atoms with E-state index in [-0.39, 0.29) is 5.91 Å². The molecule has 3 aromatic rings. The SMILES string of the molecule is O=C(CSc1ccc2ccccc2c1)Nc1ccc(Cl)c(Br)c1. The van der Waals surface area contributed by atoms with E-state index < -0.39 is 0 Å². The van der Waals surface area contributed by atoms with Crippen molar-refractivity contribution >= 4 is 61.7 Å². The van der Waals surface area contributed by atoms with Gasteiger partial charge >= 0.3 is 0 Å². The zero-order valence-corrected chi connectivity index (χ0v) is 15.2. The molecule has 0 aliphatic carbocycles. The number of rotatable bonds is 4. The average molecular weight is 407 g/mol. The molecule has 0 aliphatic heterocycles. The Morgan fingerprint density at radius 3 is 2.61 bits per heavy atom. The van der Waals surface area contributed by atoms with Crippen molar-refractivity contribution in [3.8, 4) is 0 Å². The summed E-state index contributed by atoms with van der Waals surface area (Å²) in [6.45, 7) is 0. The molecule has 0 aromatic heterocycles. The van der Waals surface area contributed by atoms with Crippen molar-refractivity contribution < 1.29 is 4.79 Å². The van der Waals surface area contributed by atoms with E-state index in [1.807, 2.05) is 18.2 Å². The van der Waals surface area contributed by atoms with Gasteiger partial charge in [-0.15, -0.1) is 11.8 Å². The predicted molar refractivity (Wildman–Crippen MR) is 102 cm³/mol. The normalized spacial score (nSPS) is 10.7. The molecule has 0 atom stereocenters. The molecule has 2 nitrogen and oxygen atoms in total. The lowest BCUT2D eigenvalue weighted by Gasteiger charge is -2.07. The number of benzene rings is 3. The van der Waals surface area contributed by atoms with Gasteiger partial charge in [0.25, 0.3) is 0 Å². The van der Waals surface area contributed by atoms with E-state index >= 15 is 0 Å². The number of carbonyl (C=O) groups is 1. The first-order chi connectivity index (χ1) is 11.1. The molecule has 3 aromatic carbocycles. The summed E-state index contributed by atoms with van der Waals surface area (Å²) in [5.74, 6) is 0.316. The standard InChI is InChI=1S/C18H13BrClNOS/c19-16-10-14(6-8-17(16)20)21-18(22)11-23-15-7-5-12-3-1-2-4-13(12)9-15/h1-10H,11H2,(H,21,22). The molecule has 0 aliphatic rings. The molecule has 0 radical (unpaired) electrons. The number of halogens is 2. The molecule has 0 heterocycles. The van der Waals surface area contributed by atoms with Crippen LogP contribution in [-0.4, -0.2) is 11.7 Å². The molecule has 0 bridgehead atoms. The van der Waals surface area contributed by atoms with Crippen molar-refractivity contribution in [1.82, 2.24) is 0 Å². The third-order valence-corrected chi connectivity index (χ3v) is 5.50. The molecule has 116 valence electrons. The van der Waals surface area contributed by atoms with Gasteiger partial charge in [0.2, 0.25) is 5.91 Å². The summed E-state index contributed by atoms with van der Waals surface area (Å²) in [7, 11) is 0. The summed E-state index contributed by atoms with van der Waals surface area (Å²) >= 11 is 10.8. The van der Waals surface area contributed by atoms with Gasteiger partial charge in [-0.2, -0.15) is 0 Å². The van der Waals surface area contributed by atoms with Crippen LogP contribution in [0.25, 0.3) is 10.8 Å². The highest BCUT2D eigenvalue weighted by Gasteiger charge is 2.06. The van der Waals surface area contributed by atoms with E-state index in [9.17, 15) is 4.79 Å². The van der Waals surface area contributed by atoms with Gasteiger partial charge in [-0.1, -0.05) is 41.9 Å². The van der Waals surface area contributed by atoms with Gasteiger partial charge in [0.15, 0.2) is 0 Å². The summed E-state index contributed by atoms with van der Waals surface area (Å²) in [5, 5.41) is 5.87. The minimum atomic E-state index is -0.0441. The highest BCUT2D eigenvalue weighted by atomic mass is 79.9. The van der Waals surface area contributed by atoms with Gasteiger partial charge in [-0.25, -0.2) is 0 Å². The first kappa shape index (κ1) is 16.4. The molecular weight excluding hydrogens is 394 g/mol. The Bertz CT molecular complexity index is 869. The van der Waals surface area contributed by atoms with Crippen molar-refractivity contribution in [2.45, 2.75) is 4.90 Å². The molecule has 0 spiro atoms. The molecule has 1 amide bonds. The fourth-order valence-corrected chi connectivity index (χ4v) is 3.42. The summed E-state index contributed by atoms with van der Waals surface area (Å²) < 4.78 is 0.763. The fraction of sp³-hybridized carbons (Fsp3) is 0.0556. The number of nitrogens with one attached hydrogen (secondary N) is 1. The van der Waals surface area contributed by atoms with Crippen LogP contribution in [0.4, 0.5) is 5.69 Å². The molecule has 23 heavy (non-hydrogen) atoms. The van der Waals surface area contributed by atoms with Crippen molar-refractivity contribution in [2.75, 3.05) is 11.1 Å². The van der Waals surface area contributed by atoms with E-state index in [2.05, 4.69) is 45.5 Å². The second-order valence-corrected chi connectivity index (χ2v) is 7.28. The lowest BCUT2D eigenvalue weighted by Crippen LogP contribution is -2.13. The third kappa shape index (κ3) is 4.28. The number of anilines is 1. The van der Waals surface area contributed by atoms with Gasteiger partial charge in [0.05, 0.1) is 10.8 Å². The lowest BCUT2D eigenvalue weighted by atomic mass is 10.1. The first-order valence-corrected chi connectivity index (χ1v) is 9.14. The third-order valence-electron chi connectivity index (χ3n) is 3.29. The van der Waals surface area contributed by atoms with Crippen molar-refractivity contribution in [2.24, 2.45) is 0 Å². The number of fused-ring (bicyclic) bond motifs is 1. The minimum Gasteiger partial charge on any atom is -0.325 e. The monoisotopic (exact) mass is 405 g/mol. The molecule has 3 rings (SSSR count). The quantitative estimate of drug-likeness (QED) is 0.539. The Kier molecular flexibility index (Phi) is 5.26. The maximum Gasteiger partial charge on any atom is 0.234 e. The summed E-state index contributed by atoms with van der Waals surface area (Å²) in [5.41, 5.74) is 0.727. The second-order valence-electron chi connectivity index (χ2n) is 4.97. The van der Waals surface area contributed by atoms with Crippen LogP contribution in [0, 0.1) is 0 Å². The number of hydrogen-bond acceptors (Lipinski definition) is 2. The van der Waals surface area contributed by atoms with E-state index in [0.29, 0.717) is 10.8 Å². The van der Waals surface area contributed by atoms with E-state index in [4.69, 9.17) is 11.6 Å². The molecule has 1 N–H and O–H groups in total.